The van der Waals surface area contributed by atoms with E-state index in [0.29, 0.717) is 0 Å². The van der Waals surface area contributed by atoms with Crippen LogP contribution in [0.2, 0.25) is 0 Å². The largest absolute Gasteiger partial charge is 0.255 e. The van der Waals surface area contributed by atoms with Crippen molar-refractivity contribution >= 4 is 21.4 Å². The average molecular weight is 301 g/mol. The molecule has 0 fully saturated rings. The smallest absolute Gasteiger partial charge is 0.0709 e. The number of thiophene rings is 1. The SMILES string of the molecule is Cc1ccc(-c2cc3cc(-c4ccccc4)ncc3s2)cc1. The maximum Gasteiger partial charge on any atom is 0.0709 e. The monoisotopic (exact) mass is 301 g/mol. The molecule has 0 N–H and O–H groups in total. The van der Waals surface area contributed by atoms with Gasteiger partial charge in [0.2, 0.25) is 0 Å². The van der Waals surface area contributed by atoms with Gasteiger partial charge in [-0.1, -0.05) is 60.2 Å². The molecule has 0 aliphatic rings. The van der Waals surface area contributed by atoms with Gasteiger partial charge < -0.3 is 0 Å². The van der Waals surface area contributed by atoms with E-state index in [2.05, 4.69) is 60.4 Å². The first kappa shape index (κ1) is 13.2. The topological polar surface area (TPSA) is 12.9 Å². The van der Waals surface area contributed by atoms with Crippen LogP contribution < -0.4 is 0 Å². The third-order valence-corrected chi connectivity index (χ3v) is 4.94. The molecule has 4 aromatic rings. The van der Waals surface area contributed by atoms with E-state index in [1.807, 2.05) is 24.4 Å². The van der Waals surface area contributed by atoms with Gasteiger partial charge in [-0.05, 0) is 30.0 Å². The minimum atomic E-state index is 1.03. The Morgan fingerprint density at radius 3 is 2.36 bits per heavy atom. The Morgan fingerprint density at radius 2 is 1.59 bits per heavy atom. The highest BCUT2D eigenvalue weighted by Crippen LogP contribution is 2.34. The summed E-state index contributed by atoms with van der Waals surface area (Å²) in [6.45, 7) is 2.12. The summed E-state index contributed by atoms with van der Waals surface area (Å²) in [5.74, 6) is 0. The van der Waals surface area contributed by atoms with Gasteiger partial charge in [-0.3, -0.25) is 4.98 Å². The lowest BCUT2D eigenvalue weighted by Gasteiger charge is -1.99. The van der Waals surface area contributed by atoms with E-state index in [-0.39, 0.29) is 0 Å². The van der Waals surface area contributed by atoms with Crippen molar-refractivity contribution in [3.8, 4) is 21.7 Å². The minimum absolute atomic E-state index is 1.03. The van der Waals surface area contributed by atoms with Gasteiger partial charge in [0.1, 0.15) is 0 Å². The summed E-state index contributed by atoms with van der Waals surface area (Å²) in [5.41, 5.74) is 4.75. The fraction of sp³-hybridized carbons (Fsp3) is 0.0500. The molecule has 0 radical (unpaired) electrons. The molecule has 0 spiro atoms. The van der Waals surface area contributed by atoms with E-state index in [9.17, 15) is 0 Å². The van der Waals surface area contributed by atoms with Crippen LogP contribution in [0.1, 0.15) is 5.56 Å². The number of hydrogen-bond donors (Lipinski definition) is 0. The predicted octanol–water partition coefficient (Wildman–Crippen LogP) is 5.94. The van der Waals surface area contributed by atoms with Gasteiger partial charge in [0.15, 0.2) is 0 Å². The minimum Gasteiger partial charge on any atom is -0.255 e. The summed E-state index contributed by atoms with van der Waals surface area (Å²) < 4.78 is 1.23. The number of pyridine rings is 1. The van der Waals surface area contributed by atoms with Crippen LogP contribution in [0.3, 0.4) is 0 Å². The predicted molar refractivity (Wildman–Crippen MR) is 95.2 cm³/mol. The van der Waals surface area contributed by atoms with Crippen LogP contribution in [-0.2, 0) is 0 Å². The average Bonchev–Trinajstić information content (AvgIpc) is 2.99. The van der Waals surface area contributed by atoms with Crippen LogP contribution >= 0.6 is 11.3 Å². The summed E-state index contributed by atoms with van der Waals surface area (Å²) >= 11 is 1.80. The molecule has 4 rings (SSSR count). The van der Waals surface area contributed by atoms with Crippen molar-refractivity contribution in [2.24, 2.45) is 0 Å². The number of fused-ring (bicyclic) bond motifs is 1. The standard InChI is InChI=1S/C20H15NS/c1-14-7-9-16(10-8-14)19-12-17-11-18(21-13-20(17)22-19)15-5-3-2-4-6-15/h2-13H,1H3. The first-order chi connectivity index (χ1) is 10.8. The fourth-order valence-electron chi connectivity index (χ4n) is 2.57. The van der Waals surface area contributed by atoms with Crippen molar-refractivity contribution in [1.29, 1.82) is 0 Å². The number of rotatable bonds is 2. The van der Waals surface area contributed by atoms with E-state index in [4.69, 9.17) is 0 Å². The van der Waals surface area contributed by atoms with E-state index in [1.54, 1.807) is 11.3 Å². The van der Waals surface area contributed by atoms with E-state index >= 15 is 0 Å². The molecule has 2 aromatic carbocycles. The third kappa shape index (κ3) is 2.42. The zero-order valence-electron chi connectivity index (χ0n) is 12.3. The van der Waals surface area contributed by atoms with Gasteiger partial charge in [0, 0.05) is 16.6 Å². The first-order valence-electron chi connectivity index (χ1n) is 7.32. The normalized spacial score (nSPS) is 11.0. The Morgan fingerprint density at radius 1 is 0.818 bits per heavy atom. The van der Waals surface area contributed by atoms with Crippen molar-refractivity contribution in [1.82, 2.24) is 4.98 Å². The Balaban J connectivity index is 1.80. The molecule has 1 nitrogen and oxygen atoms in total. The molecular formula is C20H15NS. The van der Waals surface area contributed by atoms with Gasteiger partial charge in [-0.2, -0.15) is 0 Å². The molecule has 0 saturated heterocycles. The van der Waals surface area contributed by atoms with Gasteiger partial charge in [0.05, 0.1) is 10.4 Å². The summed E-state index contributed by atoms with van der Waals surface area (Å²) in [4.78, 5) is 5.90. The second-order valence-electron chi connectivity index (χ2n) is 5.45. The van der Waals surface area contributed by atoms with Crippen molar-refractivity contribution in [2.45, 2.75) is 6.92 Å². The van der Waals surface area contributed by atoms with Crippen LogP contribution in [0.5, 0.6) is 0 Å². The van der Waals surface area contributed by atoms with Crippen molar-refractivity contribution in [2.75, 3.05) is 0 Å². The Kier molecular flexibility index (Phi) is 3.24. The molecule has 2 aromatic heterocycles. The highest BCUT2D eigenvalue weighted by Gasteiger charge is 2.07. The van der Waals surface area contributed by atoms with Crippen molar-refractivity contribution in [3.63, 3.8) is 0 Å². The van der Waals surface area contributed by atoms with Crippen LogP contribution in [0.4, 0.5) is 0 Å². The van der Waals surface area contributed by atoms with Gasteiger partial charge >= 0.3 is 0 Å². The summed E-state index contributed by atoms with van der Waals surface area (Å²) in [7, 11) is 0. The maximum atomic E-state index is 4.61. The number of aryl methyl sites for hydroxylation is 1. The molecule has 0 bridgehead atoms. The molecule has 0 unspecified atom stereocenters. The highest BCUT2D eigenvalue weighted by molar-refractivity contribution is 7.22. The molecule has 0 amide bonds. The van der Waals surface area contributed by atoms with Gasteiger partial charge in [-0.15, -0.1) is 11.3 Å². The number of aromatic nitrogens is 1. The summed E-state index contributed by atoms with van der Waals surface area (Å²) in [5, 5.41) is 1.26. The molecular weight excluding hydrogens is 286 g/mol. The van der Waals surface area contributed by atoms with E-state index in [0.717, 1.165) is 11.3 Å². The molecule has 0 saturated carbocycles. The Bertz CT molecular complexity index is 921. The van der Waals surface area contributed by atoms with Crippen LogP contribution in [0.25, 0.3) is 31.8 Å². The van der Waals surface area contributed by atoms with Gasteiger partial charge in [-0.25, -0.2) is 0 Å². The van der Waals surface area contributed by atoms with E-state index < -0.39 is 0 Å². The molecule has 2 heteroatoms. The van der Waals surface area contributed by atoms with Crippen LogP contribution in [0.15, 0.2) is 72.9 Å². The molecule has 106 valence electrons. The Labute approximate surface area is 133 Å². The second-order valence-corrected chi connectivity index (χ2v) is 6.53. The zero-order valence-corrected chi connectivity index (χ0v) is 13.1. The number of hydrogen-bond acceptors (Lipinski definition) is 2. The van der Waals surface area contributed by atoms with Crippen LogP contribution in [0, 0.1) is 6.92 Å². The lowest BCUT2D eigenvalue weighted by atomic mass is 10.1. The molecule has 2 heterocycles. The third-order valence-electron chi connectivity index (χ3n) is 3.81. The van der Waals surface area contributed by atoms with E-state index in [1.165, 1.54) is 26.1 Å². The molecule has 0 atom stereocenters. The quantitative estimate of drug-likeness (QED) is 0.446. The number of benzene rings is 2. The molecule has 0 aliphatic heterocycles. The molecule has 0 aliphatic carbocycles. The van der Waals surface area contributed by atoms with Gasteiger partial charge in [0.25, 0.3) is 0 Å². The van der Waals surface area contributed by atoms with Crippen molar-refractivity contribution in [3.05, 3.63) is 78.5 Å². The fourth-order valence-corrected chi connectivity index (χ4v) is 3.59. The maximum absolute atomic E-state index is 4.61. The molecule has 22 heavy (non-hydrogen) atoms. The lowest BCUT2D eigenvalue weighted by molar-refractivity contribution is 1.36. The number of nitrogens with zero attached hydrogens (tertiary/aromatic N) is 1. The summed E-state index contributed by atoms with van der Waals surface area (Å²) in [6, 6.07) is 23.5. The highest BCUT2D eigenvalue weighted by atomic mass is 32.1. The zero-order chi connectivity index (χ0) is 14.9. The van der Waals surface area contributed by atoms with Crippen LogP contribution in [-0.4, -0.2) is 4.98 Å². The second kappa shape index (κ2) is 5.39. The first-order valence-corrected chi connectivity index (χ1v) is 8.13. The lowest BCUT2D eigenvalue weighted by Crippen LogP contribution is -1.81. The summed E-state index contributed by atoms with van der Waals surface area (Å²) in [6.07, 6.45) is 1.99. The van der Waals surface area contributed by atoms with Crippen molar-refractivity contribution < 1.29 is 0 Å². The Hall–Kier alpha value is -2.45.